The van der Waals surface area contributed by atoms with Crippen LogP contribution in [0.15, 0.2) is 58.4 Å². The van der Waals surface area contributed by atoms with Crippen molar-refractivity contribution in [2.45, 2.75) is 12.5 Å². The molecule has 1 aliphatic rings. The quantitative estimate of drug-likeness (QED) is 0.584. The highest BCUT2D eigenvalue weighted by atomic mass is 16.5. The van der Waals surface area contributed by atoms with Crippen LogP contribution < -0.4 is 0 Å². The second kappa shape index (κ2) is 7.45. The van der Waals surface area contributed by atoms with Crippen LogP contribution in [-0.2, 0) is 9.53 Å². The van der Waals surface area contributed by atoms with Crippen LogP contribution in [0.1, 0.15) is 28.6 Å². The lowest BCUT2D eigenvalue weighted by Crippen LogP contribution is -2.32. The number of amides is 1. The molecule has 136 valence electrons. The number of hydrogen-bond acceptors (Lipinski definition) is 6. The molecule has 0 spiro atoms. The van der Waals surface area contributed by atoms with Gasteiger partial charge in [0.1, 0.15) is 5.75 Å². The van der Waals surface area contributed by atoms with Crippen molar-refractivity contribution >= 4 is 11.7 Å². The minimum Gasteiger partial charge on any atom is -0.508 e. The summed E-state index contributed by atoms with van der Waals surface area (Å²) in [5, 5.41) is 19.9. The number of carbonyl (C=O) groups is 2. The number of aliphatic hydroxyl groups is 1. The summed E-state index contributed by atoms with van der Waals surface area (Å²) in [7, 11) is 1.56. The molecule has 2 N–H and O–H groups in total. The lowest BCUT2D eigenvalue weighted by Gasteiger charge is -2.26. The molecule has 1 atom stereocenters. The first-order valence-corrected chi connectivity index (χ1v) is 8.14. The third-order valence-electron chi connectivity index (χ3n) is 4.25. The zero-order valence-electron chi connectivity index (χ0n) is 14.2. The van der Waals surface area contributed by atoms with Crippen LogP contribution in [-0.4, -0.2) is 47.1 Å². The average Bonchev–Trinajstić information content (AvgIpc) is 3.25. The van der Waals surface area contributed by atoms with Gasteiger partial charge in [0, 0.05) is 20.3 Å². The zero-order valence-corrected chi connectivity index (χ0v) is 14.2. The van der Waals surface area contributed by atoms with E-state index in [2.05, 4.69) is 0 Å². The first-order valence-electron chi connectivity index (χ1n) is 8.14. The standard InChI is InChI=1S/C19H19NO6/c1-25-10-3-9-20-16(12-5-7-13(21)8-6-12)15(18(23)19(20)24)17(22)14-4-2-11-26-14/h2,4-8,11,16,21,23H,3,9-10H2,1H3. The predicted molar refractivity (Wildman–Crippen MR) is 91.7 cm³/mol. The molecule has 0 bridgehead atoms. The Labute approximate surface area is 150 Å². The number of ether oxygens (including phenoxy) is 1. The van der Waals surface area contributed by atoms with Crippen molar-refractivity contribution in [3.8, 4) is 5.75 Å². The van der Waals surface area contributed by atoms with Crippen molar-refractivity contribution in [2.24, 2.45) is 0 Å². The smallest absolute Gasteiger partial charge is 0.290 e. The van der Waals surface area contributed by atoms with Crippen LogP contribution in [0.25, 0.3) is 0 Å². The molecule has 0 fully saturated rings. The first-order chi connectivity index (χ1) is 12.5. The molecule has 3 rings (SSSR count). The zero-order chi connectivity index (χ0) is 18.7. The maximum Gasteiger partial charge on any atom is 0.290 e. The molecule has 1 aromatic carbocycles. The Balaban J connectivity index is 2.02. The van der Waals surface area contributed by atoms with E-state index in [1.54, 1.807) is 25.3 Å². The number of rotatable bonds is 7. The molecule has 0 saturated carbocycles. The van der Waals surface area contributed by atoms with Gasteiger partial charge in [-0.1, -0.05) is 12.1 Å². The third kappa shape index (κ3) is 3.21. The number of ketones is 1. The molecule has 1 unspecified atom stereocenters. The number of Topliss-reactive ketones (excluding diaryl/α,β-unsaturated/α-hetero) is 1. The molecular formula is C19H19NO6. The maximum absolute atomic E-state index is 12.8. The summed E-state index contributed by atoms with van der Waals surface area (Å²) in [6.07, 6.45) is 1.90. The Kier molecular flexibility index (Phi) is 5.09. The van der Waals surface area contributed by atoms with Crippen LogP contribution in [0.5, 0.6) is 5.75 Å². The molecule has 2 aromatic rings. The number of aliphatic hydroxyl groups excluding tert-OH is 1. The van der Waals surface area contributed by atoms with E-state index in [0.717, 1.165) is 0 Å². The van der Waals surface area contributed by atoms with Crippen molar-refractivity contribution in [1.82, 2.24) is 4.90 Å². The van der Waals surface area contributed by atoms with Gasteiger partial charge in [-0.15, -0.1) is 0 Å². The number of nitrogens with zero attached hydrogens (tertiary/aromatic N) is 1. The number of phenolic OH excluding ortho intramolecular Hbond substituents is 1. The minimum atomic E-state index is -0.766. The van der Waals surface area contributed by atoms with Crippen molar-refractivity contribution in [1.29, 1.82) is 0 Å². The van der Waals surface area contributed by atoms with Gasteiger partial charge in [-0.25, -0.2) is 0 Å². The van der Waals surface area contributed by atoms with Crippen molar-refractivity contribution < 1.29 is 29.0 Å². The molecule has 0 radical (unpaired) electrons. The van der Waals surface area contributed by atoms with Crippen molar-refractivity contribution in [2.75, 3.05) is 20.3 Å². The van der Waals surface area contributed by atoms with Crippen molar-refractivity contribution in [3.63, 3.8) is 0 Å². The predicted octanol–water partition coefficient (Wildman–Crippen LogP) is 2.60. The number of benzene rings is 1. The lowest BCUT2D eigenvalue weighted by molar-refractivity contribution is -0.129. The highest BCUT2D eigenvalue weighted by Gasteiger charge is 2.44. The van der Waals surface area contributed by atoms with E-state index in [-0.39, 0.29) is 17.1 Å². The highest BCUT2D eigenvalue weighted by molar-refractivity contribution is 6.15. The van der Waals surface area contributed by atoms with E-state index in [1.807, 2.05) is 0 Å². The number of carbonyl (C=O) groups excluding carboxylic acids is 2. The molecule has 7 heteroatoms. The molecule has 2 heterocycles. The summed E-state index contributed by atoms with van der Waals surface area (Å²) in [6.45, 7) is 0.742. The highest BCUT2D eigenvalue weighted by Crippen LogP contribution is 2.39. The maximum atomic E-state index is 12.8. The van der Waals surface area contributed by atoms with E-state index in [0.29, 0.717) is 25.1 Å². The summed E-state index contributed by atoms with van der Waals surface area (Å²) in [5.41, 5.74) is 0.570. The van der Waals surface area contributed by atoms with Gasteiger partial charge >= 0.3 is 0 Å². The summed E-state index contributed by atoms with van der Waals surface area (Å²) >= 11 is 0. The number of aromatic hydroxyl groups is 1. The Morgan fingerprint density at radius 3 is 2.58 bits per heavy atom. The lowest BCUT2D eigenvalue weighted by atomic mass is 9.95. The SMILES string of the molecule is COCCCN1C(=O)C(O)=C(C(=O)c2ccco2)C1c1ccc(O)cc1. The van der Waals surface area contributed by atoms with E-state index >= 15 is 0 Å². The average molecular weight is 357 g/mol. The summed E-state index contributed by atoms with van der Waals surface area (Å²) < 4.78 is 10.2. The Hall–Kier alpha value is -3.06. The second-order valence-electron chi connectivity index (χ2n) is 5.91. The Morgan fingerprint density at radius 2 is 1.96 bits per heavy atom. The van der Waals surface area contributed by atoms with Crippen molar-refractivity contribution in [3.05, 3.63) is 65.3 Å². The Morgan fingerprint density at radius 1 is 1.23 bits per heavy atom. The van der Waals surface area contributed by atoms with Gasteiger partial charge in [0.05, 0.1) is 17.9 Å². The van der Waals surface area contributed by atoms with Crippen LogP contribution in [0, 0.1) is 0 Å². The van der Waals surface area contributed by atoms with Gasteiger partial charge in [0.15, 0.2) is 11.5 Å². The summed E-state index contributed by atoms with van der Waals surface area (Å²) in [5.74, 6) is -1.64. The van der Waals surface area contributed by atoms with Gasteiger partial charge in [0.25, 0.3) is 5.91 Å². The van der Waals surface area contributed by atoms with Gasteiger partial charge in [-0.05, 0) is 36.2 Å². The molecule has 0 aliphatic carbocycles. The summed E-state index contributed by atoms with van der Waals surface area (Å²) in [4.78, 5) is 26.8. The fraction of sp³-hybridized carbons (Fsp3) is 0.263. The topological polar surface area (TPSA) is 100 Å². The summed E-state index contributed by atoms with van der Waals surface area (Å²) in [6, 6.07) is 8.45. The van der Waals surface area contributed by atoms with Gasteiger partial charge in [-0.2, -0.15) is 0 Å². The number of phenols is 1. The number of furan rings is 1. The van der Waals surface area contributed by atoms with Crippen LogP contribution in [0.2, 0.25) is 0 Å². The van der Waals surface area contributed by atoms with E-state index in [9.17, 15) is 19.8 Å². The van der Waals surface area contributed by atoms with E-state index in [1.165, 1.54) is 29.4 Å². The largest absolute Gasteiger partial charge is 0.508 e. The fourth-order valence-electron chi connectivity index (χ4n) is 3.04. The monoisotopic (exact) mass is 357 g/mol. The molecule has 26 heavy (non-hydrogen) atoms. The number of hydrogen-bond donors (Lipinski definition) is 2. The molecule has 1 aromatic heterocycles. The normalized spacial score (nSPS) is 17.2. The van der Waals surface area contributed by atoms with Gasteiger partial charge in [-0.3, -0.25) is 9.59 Å². The van der Waals surface area contributed by atoms with Crippen LogP contribution in [0.3, 0.4) is 0 Å². The molecule has 0 saturated heterocycles. The Bertz CT molecular complexity index is 822. The molecular weight excluding hydrogens is 338 g/mol. The molecule has 1 aliphatic heterocycles. The third-order valence-corrected chi connectivity index (χ3v) is 4.25. The first kappa shape index (κ1) is 17.8. The van der Waals surface area contributed by atoms with Crippen LogP contribution >= 0.6 is 0 Å². The second-order valence-corrected chi connectivity index (χ2v) is 5.91. The molecule has 1 amide bonds. The molecule has 7 nitrogen and oxygen atoms in total. The van der Waals surface area contributed by atoms with E-state index in [4.69, 9.17) is 9.15 Å². The fourth-order valence-corrected chi connectivity index (χ4v) is 3.04. The van der Waals surface area contributed by atoms with Gasteiger partial charge in [0.2, 0.25) is 5.78 Å². The number of methoxy groups -OCH3 is 1. The van der Waals surface area contributed by atoms with Crippen LogP contribution in [0.4, 0.5) is 0 Å². The van der Waals surface area contributed by atoms with E-state index < -0.39 is 23.5 Å². The van der Waals surface area contributed by atoms with Gasteiger partial charge < -0.3 is 24.3 Å². The minimum absolute atomic E-state index is 0.0342.